The number of guanidine groups is 1. The van der Waals surface area contributed by atoms with Gasteiger partial charge in [0.05, 0.1) is 6.04 Å². The fraction of sp³-hybridized carbons (Fsp3) is 0.643. The molecule has 4 N–H and O–H groups in total. The lowest BCUT2D eigenvalue weighted by Crippen LogP contribution is -2.46. The van der Waals surface area contributed by atoms with Crippen LogP contribution in [0.25, 0.3) is 0 Å². The van der Waals surface area contributed by atoms with Gasteiger partial charge in [0.2, 0.25) is 5.96 Å². The molecule has 1 saturated carbocycles. The van der Waals surface area contributed by atoms with Crippen LogP contribution in [0.1, 0.15) is 44.6 Å². The third-order valence-corrected chi connectivity index (χ3v) is 4.26. The third kappa shape index (κ3) is 4.84. The van der Waals surface area contributed by atoms with E-state index in [4.69, 9.17) is 10.8 Å². The van der Waals surface area contributed by atoms with Crippen molar-refractivity contribution in [3.63, 3.8) is 0 Å². The molecule has 0 radical (unpaired) electrons. The fourth-order valence-corrected chi connectivity index (χ4v) is 3.24. The van der Waals surface area contributed by atoms with E-state index < -0.39 is 0 Å². The molecule has 0 saturated heterocycles. The second-order valence-electron chi connectivity index (χ2n) is 5.29. The Bertz CT molecular complexity index is 382. The van der Waals surface area contributed by atoms with Gasteiger partial charge in [0.15, 0.2) is 0 Å². The standard InChI is InChI=1S/C14H24N4S/c1-11(9-12-7-8-19-10-12)16-14(18-15)17-13-5-3-2-4-6-13/h7-8,10-11,13H,2-6,9,15H2,1H3,(H2,16,17,18). The summed E-state index contributed by atoms with van der Waals surface area (Å²) in [4.78, 5) is 4.70. The highest BCUT2D eigenvalue weighted by Gasteiger charge is 2.14. The third-order valence-electron chi connectivity index (χ3n) is 3.53. The van der Waals surface area contributed by atoms with Crippen LogP contribution in [0.2, 0.25) is 0 Å². The molecule has 4 nitrogen and oxygen atoms in total. The van der Waals surface area contributed by atoms with Gasteiger partial charge >= 0.3 is 0 Å². The van der Waals surface area contributed by atoms with Gasteiger partial charge in [-0.15, -0.1) is 0 Å². The average molecular weight is 280 g/mol. The van der Waals surface area contributed by atoms with E-state index in [1.807, 2.05) is 0 Å². The van der Waals surface area contributed by atoms with Crippen molar-refractivity contribution in [1.29, 1.82) is 0 Å². The summed E-state index contributed by atoms with van der Waals surface area (Å²) in [5, 5.41) is 7.67. The topological polar surface area (TPSA) is 62.4 Å². The number of rotatable bonds is 4. The minimum Gasteiger partial charge on any atom is -0.353 e. The molecule has 0 aromatic carbocycles. The summed E-state index contributed by atoms with van der Waals surface area (Å²) < 4.78 is 0. The highest BCUT2D eigenvalue weighted by molar-refractivity contribution is 7.07. The summed E-state index contributed by atoms with van der Waals surface area (Å²) in [7, 11) is 0. The van der Waals surface area contributed by atoms with Gasteiger partial charge in [0.25, 0.3) is 0 Å². The van der Waals surface area contributed by atoms with Crippen LogP contribution in [0.5, 0.6) is 0 Å². The molecule has 0 amide bonds. The Balaban J connectivity index is 1.85. The molecule has 1 aliphatic carbocycles. The number of hydrogen-bond acceptors (Lipinski definition) is 3. The molecule has 1 heterocycles. The molecule has 2 rings (SSSR count). The summed E-state index contributed by atoms with van der Waals surface area (Å²) in [5.41, 5.74) is 4.06. The Kier molecular flexibility index (Phi) is 5.66. The van der Waals surface area contributed by atoms with Crippen molar-refractivity contribution in [3.05, 3.63) is 22.4 Å². The smallest absolute Gasteiger partial charge is 0.206 e. The second kappa shape index (κ2) is 7.50. The molecule has 1 unspecified atom stereocenters. The lowest BCUT2D eigenvalue weighted by atomic mass is 9.96. The fourth-order valence-electron chi connectivity index (χ4n) is 2.56. The Morgan fingerprint density at radius 3 is 2.89 bits per heavy atom. The molecule has 1 aliphatic rings. The summed E-state index contributed by atoms with van der Waals surface area (Å²) in [6, 6.07) is 2.92. The van der Waals surface area contributed by atoms with Crippen LogP contribution in [0, 0.1) is 0 Å². The molecule has 1 atom stereocenters. The van der Waals surface area contributed by atoms with Crippen molar-refractivity contribution in [3.8, 4) is 0 Å². The lowest BCUT2D eigenvalue weighted by molar-refractivity contribution is 0.440. The van der Waals surface area contributed by atoms with Gasteiger partial charge in [-0.25, -0.2) is 10.8 Å². The van der Waals surface area contributed by atoms with Crippen molar-refractivity contribution in [1.82, 2.24) is 10.7 Å². The first-order valence-corrected chi connectivity index (χ1v) is 8.04. The van der Waals surface area contributed by atoms with Crippen LogP contribution in [-0.4, -0.2) is 18.0 Å². The number of thiophene rings is 1. The largest absolute Gasteiger partial charge is 0.353 e. The normalized spacial score (nSPS) is 19.2. The summed E-state index contributed by atoms with van der Waals surface area (Å²) in [6.07, 6.45) is 7.29. The van der Waals surface area contributed by atoms with E-state index in [9.17, 15) is 0 Å². The van der Waals surface area contributed by atoms with Crippen LogP contribution in [0.3, 0.4) is 0 Å². The van der Waals surface area contributed by atoms with E-state index in [0.717, 1.165) is 12.4 Å². The van der Waals surface area contributed by atoms with Gasteiger partial charge in [-0.3, -0.25) is 5.43 Å². The van der Waals surface area contributed by atoms with E-state index in [0.29, 0.717) is 12.1 Å². The number of aliphatic imine (C=N–C) groups is 1. The zero-order valence-corrected chi connectivity index (χ0v) is 12.4. The van der Waals surface area contributed by atoms with E-state index >= 15 is 0 Å². The monoisotopic (exact) mass is 280 g/mol. The van der Waals surface area contributed by atoms with Crippen LogP contribution >= 0.6 is 11.3 Å². The van der Waals surface area contributed by atoms with E-state index in [-0.39, 0.29) is 0 Å². The molecule has 106 valence electrons. The molecule has 1 aromatic rings. The van der Waals surface area contributed by atoms with Gasteiger partial charge in [-0.1, -0.05) is 19.3 Å². The minimum atomic E-state index is 0.327. The second-order valence-corrected chi connectivity index (χ2v) is 6.08. The molecule has 0 spiro atoms. The van der Waals surface area contributed by atoms with Crippen molar-refractivity contribution < 1.29 is 0 Å². The molecule has 1 fully saturated rings. The van der Waals surface area contributed by atoms with Crippen LogP contribution in [-0.2, 0) is 6.42 Å². The van der Waals surface area contributed by atoms with Crippen molar-refractivity contribution in [2.75, 3.05) is 0 Å². The molecule has 0 aliphatic heterocycles. The summed E-state index contributed by atoms with van der Waals surface area (Å²) in [6.45, 7) is 2.16. The first-order chi connectivity index (χ1) is 9.28. The van der Waals surface area contributed by atoms with Crippen LogP contribution in [0.4, 0.5) is 0 Å². The highest BCUT2D eigenvalue weighted by Crippen LogP contribution is 2.20. The van der Waals surface area contributed by atoms with Crippen molar-refractivity contribution in [2.45, 2.75) is 57.5 Å². The molecule has 1 aromatic heterocycles. The highest BCUT2D eigenvalue weighted by atomic mass is 32.1. The van der Waals surface area contributed by atoms with Crippen molar-refractivity contribution in [2.24, 2.45) is 10.8 Å². The van der Waals surface area contributed by atoms with E-state index in [2.05, 4.69) is 34.5 Å². The number of hydrazine groups is 1. The van der Waals surface area contributed by atoms with Gasteiger partial charge in [-0.05, 0) is 48.6 Å². The zero-order valence-electron chi connectivity index (χ0n) is 11.6. The molecular formula is C14H24N4S. The van der Waals surface area contributed by atoms with Crippen molar-refractivity contribution >= 4 is 17.3 Å². The molecular weight excluding hydrogens is 256 g/mol. The lowest BCUT2D eigenvalue weighted by Gasteiger charge is -2.21. The molecule has 19 heavy (non-hydrogen) atoms. The SMILES string of the molecule is CC(Cc1ccsc1)NC(=NC1CCCCC1)NN. The van der Waals surface area contributed by atoms with Crippen LogP contribution in [0.15, 0.2) is 21.8 Å². The first kappa shape index (κ1) is 14.3. The predicted octanol–water partition coefficient (Wildman–Crippen LogP) is 2.42. The average Bonchev–Trinajstić information content (AvgIpc) is 2.92. The summed E-state index contributed by atoms with van der Waals surface area (Å²) >= 11 is 1.74. The summed E-state index contributed by atoms with van der Waals surface area (Å²) in [5.74, 6) is 6.30. The quantitative estimate of drug-likeness (QED) is 0.343. The van der Waals surface area contributed by atoms with Gasteiger partial charge in [-0.2, -0.15) is 11.3 Å². The number of nitrogens with zero attached hydrogens (tertiary/aromatic N) is 1. The maximum Gasteiger partial charge on any atom is 0.206 e. The Hall–Kier alpha value is -1.07. The van der Waals surface area contributed by atoms with Crippen LogP contribution < -0.4 is 16.6 Å². The Morgan fingerprint density at radius 1 is 1.47 bits per heavy atom. The maximum atomic E-state index is 5.57. The van der Waals surface area contributed by atoms with E-state index in [1.165, 1.54) is 37.7 Å². The number of nitrogens with one attached hydrogen (secondary N) is 2. The Morgan fingerprint density at radius 2 is 2.26 bits per heavy atom. The first-order valence-electron chi connectivity index (χ1n) is 7.10. The zero-order chi connectivity index (χ0) is 13.5. The van der Waals surface area contributed by atoms with Gasteiger partial charge in [0.1, 0.15) is 0 Å². The number of nitrogens with two attached hydrogens (primary N) is 1. The van der Waals surface area contributed by atoms with Gasteiger partial charge in [0, 0.05) is 6.04 Å². The minimum absolute atomic E-state index is 0.327. The van der Waals surface area contributed by atoms with Gasteiger partial charge < -0.3 is 5.32 Å². The van der Waals surface area contributed by atoms with E-state index in [1.54, 1.807) is 11.3 Å². The molecule has 5 heteroatoms. The predicted molar refractivity (Wildman–Crippen MR) is 82.3 cm³/mol. The maximum absolute atomic E-state index is 5.57. The number of hydrogen-bond donors (Lipinski definition) is 3. The molecule has 0 bridgehead atoms. The Labute approximate surface area is 119 Å².